The topological polar surface area (TPSA) is 66.4 Å². The zero-order chi connectivity index (χ0) is 18.5. The molecule has 1 aliphatic carbocycles. The first-order valence-corrected chi connectivity index (χ1v) is 9.92. The standard InChI is InChI=1S/C20H28N6O/c1-27-18-10-6-5-9-17(18)25-11-13-26(14-12-25)20-23-19(15-21-24-20)22-16-7-3-2-4-8-16/h5-6,9-10,15-16H,2-4,7-8,11-14H2,1H3,(H,22,23,24). The van der Waals surface area contributed by atoms with Crippen LogP contribution in [0.15, 0.2) is 30.5 Å². The number of anilines is 3. The summed E-state index contributed by atoms with van der Waals surface area (Å²) in [7, 11) is 1.72. The van der Waals surface area contributed by atoms with E-state index in [0.29, 0.717) is 6.04 Å². The van der Waals surface area contributed by atoms with Gasteiger partial charge in [0.15, 0.2) is 5.82 Å². The van der Waals surface area contributed by atoms with Gasteiger partial charge >= 0.3 is 0 Å². The number of nitrogens with one attached hydrogen (secondary N) is 1. The molecule has 144 valence electrons. The monoisotopic (exact) mass is 368 g/mol. The van der Waals surface area contributed by atoms with Crippen molar-refractivity contribution >= 4 is 17.5 Å². The Labute approximate surface area is 160 Å². The molecule has 0 radical (unpaired) electrons. The normalized spacial score (nSPS) is 18.4. The van der Waals surface area contributed by atoms with Crippen LogP contribution in [-0.4, -0.2) is 54.5 Å². The molecule has 1 aromatic heterocycles. The second-order valence-corrected chi connectivity index (χ2v) is 7.27. The van der Waals surface area contributed by atoms with Crippen LogP contribution >= 0.6 is 0 Å². The number of hydrogen-bond donors (Lipinski definition) is 1. The second kappa shape index (κ2) is 8.41. The van der Waals surface area contributed by atoms with Crippen molar-refractivity contribution in [3.8, 4) is 5.75 Å². The number of rotatable bonds is 5. The number of piperazine rings is 1. The minimum atomic E-state index is 0.519. The molecule has 1 N–H and O–H groups in total. The molecule has 4 rings (SSSR count). The minimum absolute atomic E-state index is 0.519. The van der Waals surface area contributed by atoms with Gasteiger partial charge in [-0.25, -0.2) is 0 Å². The van der Waals surface area contributed by atoms with Crippen molar-refractivity contribution in [2.75, 3.05) is 48.4 Å². The SMILES string of the molecule is COc1ccccc1N1CCN(c2nncc(NC3CCCCC3)n2)CC1. The first-order chi connectivity index (χ1) is 13.3. The van der Waals surface area contributed by atoms with E-state index < -0.39 is 0 Å². The Balaban J connectivity index is 1.38. The number of ether oxygens (including phenoxy) is 1. The molecule has 2 aromatic rings. The average Bonchev–Trinajstić information content (AvgIpc) is 2.75. The van der Waals surface area contributed by atoms with E-state index in [4.69, 9.17) is 9.72 Å². The quantitative estimate of drug-likeness (QED) is 0.870. The molecule has 1 aromatic carbocycles. The van der Waals surface area contributed by atoms with Crippen LogP contribution in [0.2, 0.25) is 0 Å². The Bertz CT molecular complexity index is 741. The highest BCUT2D eigenvalue weighted by atomic mass is 16.5. The number of benzene rings is 1. The summed E-state index contributed by atoms with van der Waals surface area (Å²) in [6, 6.07) is 8.70. The fraction of sp³-hybridized carbons (Fsp3) is 0.550. The third-order valence-electron chi connectivity index (χ3n) is 5.49. The van der Waals surface area contributed by atoms with Gasteiger partial charge in [-0.05, 0) is 25.0 Å². The van der Waals surface area contributed by atoms with Gasteiger partial charge in [0.1, 0.15) is 5.75 Å². The molecule has 2 fully saturated rings. The summed E-state index contributed by atoms with van der Waals surface area (Å²) in [4.78, 5) is 9.29. The first-order valence-electron chi connectivity index (χ1n) is 9.92. The lowest BCUT2D eigenvalue weighted by molar-refractivity contribution is 0.413. The maximum Gasteiger partial charge on any atom is 0.247 e. The number of para-hydroxylation sites is 2. The van der Waals surface area contributed by atoms with Crippen LogP contribution in [0.4, 0.5) is 17.5 Å². The number of methoxy groups -OCH3 is 1. The smallest absolute Gasteiger partial charge is 0.247 e. The van der Waals surface area contributed by atoms with Crippen molar-refractivity contribution in [2.24, 2.45) is 0 Å². The Kier molecular flexibility index (Phi) is 5.55. The van der Waals surface area contributed by atoms with Crippen LogP contribution in [0, 0.1) is 0 Å². The molecule has 0 atom stereocenters. The zero-order valence-corrected chi connectivity index (χ0v) is 16.0. The van der Waals surface area contributed by atoms with Crippen LogP contribution in [0.1, 0.15) is 32.1 Å². The molecule has 7 nitrogen and oxygen atoms in total. The summed E-state index contributed by atoms with van der Waals surface area (Å²) in [5.41, 5.74) is 1.14. The van der Waals surface area contributed by atoms with Crippen molar-refractivity contribution in [3.63, 3.8) is 0 Å². The molecular formula is C20H28N6O. The van der Waals surface area contributed by atoms with E-state index in [2.05, 4.69) is 37.4 Å². The van der Waals surface area contributed by atoms with Crippen molar-refractivity contribution in [1.29, 1.82) is 0 Å². The maximum absolute atomic E-state index is 5.50. The summed E-state index contributed by atoms with van der Waals surface area (Å²) < 4.78 is 5.50. The first kappa shape index (κ1) is 17.8. The molecule has 0 unspecified atom stereocenters. The van der Waals surface area contributed by atoms with Gasteiger partial charge in [-0.3, -0.25) is 0 Å². The van der Waals surface area contributed by atoms with Crippen LogP contribution in [0.25, 0.3) is 0 Å². The molecule has 1 saturated heterocycles. The molecule has 1 saturated carbocycles. The molecule has 2 heterocycles. The fourth-order valence-corrected chi connectivity index (χ4v) is 3.99. The van der Waals surface area contributed by atoms with E-state index in [-0.39, 0.29) is 0 Å². The predicted octanol–water partition coefficient (Wildman–Crippen LogP) is 2.95. The van der Waals surface area contributed by atoms with E-state index in [0.717, 1.165) is 49.4 Å². The van der Waals surface area contributed by atoms with Crippen LogP contribution in [0.3, 0.4) is 0 Å². The van der Waals surface area contributed by atoms with Crippen LogP contribution < -0.4 is 19.9 Å². The molecular weight excluding hydrogens is 340 g/mol. The number of aromatic nitrogens is 3. The molecule has 0 spiro atoms. The Morgan fingerprint density at radius 2 is 1.74 bits per heavy atom. The lowest BCUT2D eigenvalue weighted by atomic mass is 9.96. The Morgan fingerprint density at radius 1 is 1.00 bits per heavy atom. The number of nitrogens with zero attached hydrogens (tertiary/aromatic N) is 5. The van der Waals surface area contributed by atoms with Crippen molar-refractivity contribution in [2.45, 2.75) is 38.1 Å². The van der Waals surface area contributed by atoms with Crippen LogP contribution in [0.5, 0.6) is 5.75 Å². The van der Waals surface area contributed by atoms with Gasteiger partial charge in [0.2, 0.25) is 5.95 Å². The highest BCUT2D eigenvalue weighted by molar-refractivity contribution is 5.59. The second-order valence-electron chi connectivity index (χ2n) is 7.27. The molecule has 7 heteroatoms. The van der Waals surface area contributed by atoms with Gasteiger partial charge in [-0.1, -0.05) is 31.4 Å². The summed E-state index contributed by atoms with van der Waals surface area (Å²) in [6.07, 6.45) is 8.13. The summed E-state index contributed by atoms with van der Waals surface area (Å²) in [5, 5.41) is 12.0. The van der Waals surface area contributed by atoms with Gasteiger partial charge < -0.3 is 19.9 Å². The number of hydrogen-bond acceptors (Lipinski definition) is 7. The zero-order valence-electron chi connectivity index (χ0n) is 16.0. The minimum Gasteiger partial charge on any atom is -0.495 e. The average molecular weight is 368 g/mol. The maximum atomic E-state index is 5.50. The lowest BCUT2D eigenvalue weighted by Gasteiger charge is -2.36. The van der Waals surface area contributed by atoms with Crippen LogP contribution in [-0.2, 0) is 0 Å². The van der Waals surface area contributed by atoms with E-state index >= 15 is 0 Å². The summed E-state index contributed by atoms with van der Waals surface area (Å²) in [5.74, 6) is 2.48. The van der Waals surface area contributed by atoms with E-state index in [9.17, 15) is 0 Å². The van der Waals surface area contributed by atoms with E-state index in [1.165, 1.54) is 32.1 Å². The Hall–Kier alpha value is -2.57. The fourth-order valence-electron chi connectivity index (χ4n) is 3.99. The van der Waals surface area contributed by atoms with Gasteiger partial charge in [0.25, 0.3) is 0 Å². The highest BCUT2D eigenvalue weighted by Crippen LogP contribution is 2.29. The lowest BCUT2D eigenvalue weighted by Crippen LogP contribution is -2.47. The molecule has 2 aliphatic rings. The molecule has 0 amide bonds. The van der Waals surface area contributed by atoms with Gasteiger partial charge in [-0.2, -0.15) is 10.1 Å². The summed E-state index contributed by atoms with van der Waals surface area (Å²) in [6.45, 7) is 3.55. The van der Waals surface area contributed by atoms with Gasteiger partial charge in [0.05, 0.1) is 19.0 Å². The van der Waals surface area contributed by atoms with E-state index in [1.54, 1.807) is 13.3 Å². The van der Waals surface area contributed by atoms with E-state index in [1.807, 2.05) is 12.1 Å². The third-order valence-corrected chi connectivity index (χ3v) is 5.49. The summed E-state index contributed by atoms with van der Waals surface area (Å²) >= 11 is 0. The molecule has 27 heavy (non-hydrogen) atoms. The van der Waals surface area contributed by atoms with Crippen molar-refractivity contribution < 1.29 is 4.74 Å². The predicted molar refractivity (Wildman–Crippen MR) is 108 cm³/mol. The highest BCUT2D eigenvalue weighted by Gasteiger charge is 2.22. The van der Waals surface area contributed by atoms with Crippen molar-refractivity contribution in [3.05, 3.63) is 30.5 Å². The molecule has 1 aliphatic heterocycles. The van der Waals surface area contributed by atoms with Gasteiger partial charge in [0, 0.05) is 32.2 Å². The third kappa shape index (κ3) is 4.23. The largest absolute Gasteiger partial charge is 0.495 e. The Morgan fingerprint density at radius 3 is 2.52 bits per heavy atom. The van der Waals surface area contributed by atoms with Crippen molar-refractivity contribution in [1.82, 2.24) is 15.2 Å². The van der Waals surface area contributed by atoms with Gasteiger partial charge in [-0.15, -0.1) is 5.10 Å². The molecule has 0 bridgehead atoms.